The Kier molecular flexibility index (Phi) is 4.19. The number of rotatable bonds is 2. The number of nitrogens with zero attached hydrogens (tertiary/aromatic N) is 5. The lowest BCUT2D eigenvalue weighted by Crippen LogP contribution is -2.31. The van der Waals surface area contributed by atoms with Crippen LogP contribution in [0.2, 0.25) is 0 Å². The molecule has 2 aliphatic heterocycles. The van der Waals surface area contributed by atoms with E-state index in [-0.39, 0.29) is 18.4 Å². The molecule has 1 atom stereocenters. The fourth-order valence-electron chi connectivity index (χ4n) is 4.48. The number of nitriles is 1. The fraction of sp³-hybridized carbons (Fsp3) is 0.120. The minimum atomic E-state index is -1.09. The second-order valence-corrected chi connectivity index (χ2v) is 8.22. The van der Waals surface area contributed by atoms with Gasteiger partial charge < -0.3 is 15.2 Å². The molecule has 4 heterocycles. The zero-order valence-corrected chi connectivity index (χ0v) is 18.0. The first-order chi connectivity index (χ1) is 16.5. The molecule has 2 N–H and O–H groups in total. The third-order valence-electron chi connectivity index (χ3n) is 6.10. The van der Waals surface area contributed by atoms with E-state index in [1.54, 1.807) is 36.3 Å². The molecule has 2 aromatic carbocycles. The quantitative estimate of drug-likeness (QED) is 0.494. The number of pyridine rings is 1. The summed E-state index contributed by atoms with van der Waals surface area (Å²) in [5.41, 5.74) is 9.47. The summed E-state index contributed by atoms with van der Waals surface area (Å²) in [6.07, 6.45) is 6.65. The number of benzene rings is 2. The van der Waals surface area contributed by atoms with E-state index in [1.807, 2.05) is 24.4 Å². The molecule has 9 heteroatoms. The topological polar surface area (TPSA) is 111 Å². The van der Waals surface area contributed by atoms with Gasteiger partial charge in [0.05, 0.1) is 11.8 Å². The molecule has 0 fully saturated rings. The number of nitrogens with two attached hydrogens (primary N) is 1. The Hall–Kier alpha value is -4.71. The fourth-order valence-corrected chi connectivity index (χ4v) is 4.48. The van der Waals surface area contributed by atoms with Crippen LogP contribution in [-0.2, 0) is 17.3 Å². The van der Waals surface area contributed by atoms with E-state index in [4.69, 9.17) is 15.2 Å². The van der Waals surface area contributed by atoms with Gasteiger partial charge in [-0.05, 0) is 41.5 Å². The van der Waals surface area contributed by atoms with E-state index < -0.39 is 11.4 Å². The van der Waals surface area contributed by atoms with Crippen molar-refractivity contribution in [3.8, 4) is 39.8 Å². The number of hydrogen-bond acceptors (Lipinski definition) is 7. The largest absolute Gasteiger partial charge is 0.462 e. The van der Waals surface area contributed by atoms with Crippen molar-refractivity contribution >= 4 is 6.02 Å². The maximum Gasteiger partial charge on any atom is 0.283 e. The second kappa shape index (κ2) is 7.15. The van der Waals surface area contributed by atoms with E-state index in [1.165, 1.54) is 12.3 Å². The number of aliphatic imine (C=N–C) groups is 1. The van der Waals surface area contributed by atoms with Crippen LogP contribution in [-0.4, -0.2) is 27.4 Å². The van der Waals surface area contributed by atoms with E-state index in [0.717, 1.165) is 16.7 Å². The maximum atomic E-state index is 15.4. The van der Waals surface area contributed by atoms with Gasteiger partial charge in [0.2, 0.25) is 0 Å². The molecule has 0 aliphatic carbocycles. The molecule has 1 unspecified atom stereocenters. The third-order valence-corrected chi connectivity index (χ3v) is 6.10. The van der Waals surface area contributed by atoms with Gasteiger partial charge in [0.1, 0.15) is 18.4 Å². The lowest BCUT2D eigenvalue weighted by Gasteiger charge is -2.34. The molecule has 34 heavy (non-hydrogen) atoms. The zero-order chi connectivity index (χ0) is 23.4. The molecule has 0 saturated heterocycles. The van der Waals surface area contributed by atoms with Crippen molar-refractivity contribution < 1.29 is 13.9 Å². The van der Waals surface area contributed by atoms with Crippen LogP contribution in [0.5, 0.6) is 11.5 Å². The van der Waals surface area contributed by atoms with Crippen LogP contribution in [0, 0.1) is 17.1 Å². The van der Waals surface area contributed by atoms with E-state index in [0.29, 0.717) is 28.0 Å². The van der Waals surface area contributed by atoms with Gasteiger partial charge in [0.25, 0.3) is 6.02 Å². The van der Waals surface area contributed by atoms with Crippen molar-refractivity contribution in [2.24, 2.45) is 17.8 Å². The standard InChI is InChI=1S/C25H17FN6O2/c1-32-12-18(11-30-32)16-6-20-23(21(26)7-16)34-22-3-2-15(17-4-14(8-27)9-29-10-17)5-19(22)25(20)13-33-24(28)31-25/h2-7,9-12H,13H2,1H3,(H2,28,31). The monoisotopic (exact) mass is 452 g/mol. The summed E-state index contributed by atoms with van der Waals surface area (Å²) in [7, 11) is 1.80. The average molecular weight is 452 g/mol. The minimum Gasteiger partial charge on any atom is -0.462 e. The first-order valence-electron chi connectivity index (χ1n) is 10.5. The number of fused-ring (bicyclic) bond motifs is 4. The average Bonchev–Trinajstić information content (AvgIpc) is 3.46. The minimum absolute atomic E-state index is 0.0181. The van der Waals surface area contributed by atoms with Crippen LogP contribution in [0.25, 0.3) is 22.3 Å². The van der Waals surface area contributed by atoms with Crippen molar-refractivity contribution in [3.05, 3.63) is 83.7 Å². The molecule has 166 valence electrons. The van der Waals surface area contributed by atoms with Crippen molar-refractivity contribution in [2.75, 3.05) is 6.61 Å². The first-order valence-corrected chi connectivity index (χ1v) is 10.5. The molecule has 0 bridgehead atoms. The van der Waals surface area contributed by atoms with Crippen LogP contribution in [0.3, 0.4) is 0 Å². The Morgan fingerprint density at radius 2 is 1.91 bits per heavy atom. The number of halogens is 1. The highest BCUT2D eigenvalue weighted by molar-refractivity contribution is 5.79. The summed E-state index contributed by atoms with van der Waals surface area (Å²) in [6, 6.07) is 12.6. The number of aryl methyl sites for hydroxylation is 1. The third kappa shape index (κ3) is 2.93. The molecule has 6 rings (SSSR count). The normalized spacial score (nSPS) is 17.9. The number of aromatic nitrogens is 3. The van der Waals surface area contributed by atoms with Crippen LogP contribution >= 0.6 is 0 Å². The number of hydrogen-bond donors (Lipinski definition) is 1. The lowest BCUT2D eigenvalue weighted by molar-refractivity contribution is 0.262. The SMILES string of the molecule is Cn1cc(-c2cc(F)c3c(c2)C2(COC(N)=N2)c2cc(-c4cncc(C#N)c4)ccc2O3)cn1. The van der Waals surface area contributed by atoms with Gasteiger partial charge in [0, 0.05) is 47.9 Å². The Bertz CT molecular complexity index is 1550. The Balaban J connectivity index is 1.57. The molecule has 0 saturated carbocycles. The molecule has 2 aliphatic rings. The predicted octanol–water partition coefficient (Wildman–Crippen LogP) is 3.85. The molecular formula is C25H17FN6O2. The van der Waals surface area contributed by atoms with Gasteiger partial charge in [-0.25, -0.2) is 9.38 Å². The highest BCUT2D eigenvalue weighted by Gasteiger charge is 2.48. The smallest absolute Gasteiger partial charge is 0.283 e. The highest BCUT2D eigenvalue weighted by Crippen LogP contribution is 2.53. The van der Waals surface area contributed by atoms with Crippen LogP contribution in [0.15, 0.2) is 66.2 Å². The molecule has 0 amide bonds. The number of ether oxygens (including phenoxy) is 2. The maximum absolute atomic E-state index is 15.4. The zero-order valence-electron chi connectivity index (χ0n) is 18.0. The summed E-state index contributed by atoms with van der Waals surface area (Å²) in [5.74, 6) is 0.0239. The molecule has 4 aromatic rings. The van der Waals surface area contributed by atoms with Gasteiger partial charge in [0.15, 0.2) is 17.1 Å². The van der Waals surface area contributed by atoms with Gasteiger partial charge in [-0.2, -0.15) is 10.4 Å². The summed E-state index contributed by atoms with van der Waals surface area (Å²) in [5, 5.41) is 13.4. The summed E-state index contributed by atoms with van der Waals surface area (Å²) in [4.78, 5) is 8.80. The molecule has 0 radical (unpaired) electrons. The summed E-state index contributed by atoms with van der Waals surface area (Å²) in [6.45, 7) is 0.0953. The van der Waals surface area contributed by atoms with E-state index in [9.17, 15) is 5.26 Å². The van der Waals surface area contributed by atoms with Gasteiger partial charge in [-0.3, -0.25) is 9.67 Å². The Labute approximate surface area is 193 Å². The summed E-state index contributed by atoms with van der Waals surface area (Å²) >= 11 is 0. The predicted molar refractivity (Wildman–Crippen MR) is 121 cm³/mol. The van der Waals surface area contributed by atoms with Crippen molar-refractivity contribution in [1.82, 2.24) is 14.8 Å². The second-order valence-electron chi connectivity index (χ2n) is 8.22. The van der Waals surface area contributed by atoms with E-state index >= 15 is 4.39 Å². The van der Waals surface area contributed by atoms with Crippen LogP contribution < -0.4 is 10.5 Å². The van der Waals surface area contributed by atoms with Gasteiger partial charge in [-0.1, -0.05) is 6.07 Å². The van der Waals surface area contributed by atoms with E-state index in [2.05, 4.69) is 21.1 Å². The van der Waals surface area contributed by atoms with Gasteiger partial charge >= 0.3 is 0 Å². The van der Waals surface area contributed by atoms with Crippen molar-refractivity contribution in [1.29, 1.82) is 5.26 Å². The molecule has 1 spiro atoms. The lowest BCUT2D eigenvalue weighted by atomic mass is 9.79. The number of amidine groups is 1. The highest BCUT2D eigenvalue weighted by atomic mass is 19.1. The van der Waals surface area contributed by atoms with Crippen LogP contribution in [0.1, 0.15) is 16.7 Å². The van der Waals surface area contributed by atoms with Crippen LogP contribution in [0.4, 0.5) is 4.39 Å². The van der Waals surface area contributed by atoms with Gasteiger partial charge in [-0.15, -0.1) is 0 Å². The Morgan fingerprint density at radius 1 is 1.06 bits per heavy atom. The molecule has 2 aromatic heterocycles. The van der Waals surface area contributed by atoms with Crippen molar-refractivity contribution in [2.45, 2.75) is 5.54 Å². The van der Waals surface area contributed by atoms with Crippen molar-refractivity contribution in [3.63, 3.8) is 0 Å². The molecular weight excluding hydrogens is 435 g/mol. The molecule has 8 nitrogen and oxygen atoms in total. The Morgan fingerprint density at radius 3 is 2.65 bits per heavy atom. The first kappa shape index (κ1) is 19.9. The summed E-state index contributed by atoms with van der Waals surface area (Å²) < 4.78 is 28.7.